The molecule has 6 nitrogen and oxygen atoms in total. The third-order valence-corrected chi connectivity index (χ3v) is 5.27. The van der Waals surface area contributed by atoms with E-state index in [9.17, 15) is 9.59 Å². The van der Waals surface area contributed by atoms with Gasteiger partial charge in [-0.1, -0.05) is 22.9 Å². The average molecular weight is 442 g/mol. The van der Waals surface area contributed by atoms with Gasteiger partial charge in [0.2, 0.25) is 0 Å². The Morgan fingerprint density at radius 2 is 2.04 bits per heavy atom. The van der Waals surface area contributed by atoms with Crippen LogP contribution in [0.2, 0.25) is 0 Å². The second-order valence-electron chi connectivity index (χ2n) is 7.97. The molecule has 1 N–H and O–H groups in total. The van der Waals surface area contributed by atoms with Gasteiger partial charge in [0.1, 0.15) is 11.4 Å². The van der Waals surface area contributed by atoms with Crippen molar-refractivity contribution in [2.45, 2.75) is 56.9 Å². The minimum Gasteiger partial charge on any atom is -0.493 e. The number of fused-ring (bicyclic) bond motifs is 1. The summed E-state index contributed by atoms with van der Waals surface area (Å²) in [6, 6.07) is 3.76. The number of benzene rings is 1. The van der Waals surface area contributed by atoms with Crippen molar-refractivity contribution in [3.05, 3.63) is 28.8 Å². The molecule has 0 saturated heterocycles. The van der Waals surface area contributed by atoms with Crippen LogP contribution in [0.1, 0.15) is 62.0 Å². The third-order valence-electron chi connectivity index (χ3n) is 4.66. The third kappa shape index (κ3) is 5.37. The fraction of sp³-hybridized carbons (Fsp3) is 0.600. The number of methoxy groups -OCH3 is 1. The molecule has 0 saturated carbocycles. The lowest BCUT2D eigenvalue weighted by Gasteiger charge is -2.36. The number of amides is 1. The fourth-order valence-corrected chi connectivity index (χ4v) is 3.63. The number of alkyl halides is 1. The van der Waals surface area contributed by atoms with Crippen molar-refractivity contribution in [1.29, 1.82) is 0 Å². The minimum atomic E-state index is -0.520. The van der Waals surface area contributed by atoms with Crippen LogP contribution in [0, 0.1) is 0 Å². The van der Waals surface area contributed by atoms with Gasteiger partial charge in [-0.15, -0.1) is 0 Å². The summed E-state index contributed by atoms with van der Waals surface area (Å²) in [6.45, 7) is 8.72. The summed E-state index contributed by atoms with van der Waals surface area (Å²) >= 11 is 3.45. The van der Waals surface area contributed by atoms with Crippen LogP contribution in [0.3, 0.4) is 0 Å². The minimum absolute atomic E-state index is 0.172. The van der Waals surface area contributed by atoms with E-state index in [1.165, 1.54) is 7.11 Å². The normalized spacial score (nSPS) is 18.9. The molecule has 1 atom stereocenters. The molecule has 2 rings (SSSR count). The van der Waals surface area contributed by atoms with Crippen molar-refractivity contribution in [3.63, 3.8) is 0 Å². The Balaban J connectivity index is 2.18. The van der Waals surface area contributed by atoms with Gasteiger partial charge in [0.25, 0.3) is 0 Å². The second-order valence-corrected chi connectivity index (χ2v) is 8.53. The Labute approximate surface area is 169 Å². The highest BCUT2D eigenvalue weighted by Gasteiger charge is 2.34. The van der Waals surface area contributed by atoms with Gasteiger partial charge in [0, 0.05) is 22.9 Å². The zero-order valence-corrected chi connectivity index (χ0v) is 18.2. The highest BCUT2D eigenvalue weighted by Crippen LogP contribution is 2.42. The van der Waals surface area contributed by atoms with E-state index in [-0.39, 0.29) is 11.4 Å². The highest BCUT2D eigenvalue weighted by atomic mass is 79.9. The molecule has 27 heavy (non-hydrogen) atoms. The van der Waals surface area contributed by atoms with Gasteiger partial charge in [-0.3, -0.25) is 0 Å². The molecule has 1 aliphatic rings. The molecule has 150 valence electrons. The van der Waals surface area contributed by atoms with E-state index >= 15 is 0 Å². The van der Waals surface area contributed by atoms with E-state index in [0.29, 0.717) is 29.8 Å². The molecule has 0 spiro atoms. The van der Waals surface area contributed by atoms with E-state index in [0.717, 1.165) is 24.0 Å². The highest BCUT2D eigenvalue weighted by molar-refractivity contribution is 9.08. The lowest BCUT2D eigenvalue weighted by atomic mass is 9.74. The Bertz CT molecular complexity index is 713. The number of hydrogen-bond acceptors (Lipinski definition) is 5. The summed E-state index contributed by atoms with van der Waals surface area (Å²) in [6.07, 6.45) is 1.15. The van der Waals surface area contributed by atoms with E-state index in [2.05, 4.69) is 28.2 Å². The topological polar surface area (TPSA) is 73.9 Å². The Morgan fingerprint density at radius 3 is 2.63 bits per heavy atom. The molecule has 0 fully saturated rings. The molecular weight excluding hydrogens is 414 g/mol. The maximum atomic E-state index is 12.0. The Kier molecular flexibility index (Phi) is 6.78. The van der Waals surface area contributed by atoms with Crippen LogP contribution in [-0.4, -0.2) is 37.9 Å². The van der Waals surface area contributed by atoms with Gasteiger partial charge in [-0.05, 0) is 51.3 Å². The standard InChI is InChI=1S/C20H28BrNO5/c1-19(2,3)27-18(24)22-8-6-20(4)7-9-26-16-11-14(17(23)25-5)13(12-21)10-15(16)20/h10-11H,6-9,12H2,1-5H3,(H,22,24). The molecule has 1 aromatic rings. The number of esters is 1. The van der Waals surface area contributed by atoms with Crippen molar-refractivity contribution in [2.75, 3.05) is 20.3 Å². The summed E-state index contributed by atoms with van der Waals surface area (Å²) in [5.41, 5.74) is 1.71. The first-order valence-electron chi connectivity index (χ1n) is 9.01. The maximum absolute atomic E-state index is 12.0. The number of rotatable bonds is 5. The number of ether oxygens (including phenoxy) is 3. The molecule has 1 amide bonds. The van der Waals surface area contributed by atoms with Gasteiger partial charge in [-0.25, -0.2) is 9.59 Å². The molecular formula is C20H28BrNO5. The first-order chi connectivity index (χ1) is 12.6. The fourth-order valence-electron chi connectivity index (χ4n) is 3.16. The number of carbonyl (C=O) groups excluding carboxylic acids is 2. The molecule has 0 radical (unpaired) electrons. The predicted molar refractivity (Wildman–Crippen MR) is 107 cm³/mol. The molecule has 1 heterocycles. The predicted octanol–water partition coefficient (Wildman–Crippen LogP) is 4.32. The van der Waals surface area contributed by atoms with Crippen molar-refractivity contribution in [2.24, 2.45) is 0 Å². The zero-order valence-electron chi connectivity index (χ0n) is 16.6. The van der Waals surface area contributed by atoms with Crippen molar-refractivity contribution in [3.8, 4) is 5.75 Å². The number of nitrogens with one attached hydrogen (secondary N) is 1. The lowest BCUT2D eigenvalue weighted by molar-refractivity contribution is 0.0521. The SMILES string of the molecule is COC(=O)c1cc2c(cc1CBr)C(C)(CCNC(=O)OC(C)(C)C)CCO2. The molecule has 0 aliphatic carbocycles. The Hall–Kier alpha value is -1.76. The van der Waals surface area contributed by atoms with Crippen LogP contribution in [-0.2, 0) is 20.2 Å². The summed E-state index contributed by atoms with van der Waals surface area (Å²) in [4.78, 5) is 23.9. The van der Waals surface area contributed by atoms with Crippen LogP contribution >= 0.6 is 15.9 Å². The van der Waals surface area contributed by atoms with Gasteiger partial charge in [0.15, 0.2) is 0 Å². The van der Waals surface area contributed by atoms with Crippen LogP contribution in [0.5, 0.6) is 5.75 Å². The quantitative estimate of drug-likeness (QED) is 0.543. The first kappa shape index (κ1) is 21.5. The van der Waals surface area contributed by atoms with Crippen LogP contribution in [0.15, 0.2) is 12.1 Å². The van der Waals surface area contributed by atoms with E-state index in [1.54, 1.807) is 6.07 Å². The van der Waals surface area contributed by atoms with E-state index in [1.807, 2.05) is 26.8 Å². The van der Waals surface area contributed by atoms with Gasteiger partial charge in [0.05, 0.1) is 19.3 Å². The molecule has 1 aromatic carbocycles. The zero-order chi connectivity index (χ0) is 20.2. The summed E-state index contributed by atoms with van der Waals surface area (Å²) in [7, 11) is 1.37. The average Bonchev–Trinajstić information content (AvgIpc) is 2.58. The van der Waals surface area contributed by atoms with Crippen molar-refractivity contribution in [1.82, 2.24) is 5.32 Å². The van der Waals surface area contributed by atoms with Gasteiger partial charge >= 0.3 is 12.1 Å². The van der Waals surface area contributed by atoms with Crippen LogP contribution in [0.25, 0.3) is 0 Å². The largest absolute Gasteiger partial charge is 0.493 e. The smallest absolute Gasteiger partial charge is 0.407 e. The summed E-state index contributed by atoms with van der Waals surface area (Å²) in [5.74, 6) is 0.320. The lowest BCUT2D eigenvalue weighted by Crippen LogP contribution is -2.37. The van der Waals surface area contributed by atoms with Crippen LogP contribution < -0.4 is 10.1 Å². The first-order valence-corrected chi connectivity index (χ1v) is 10.1. The number of hydrogen-bond donors (Lipinski definition) is 1. The molecule has 0 aromatic heterocycles. The van der Waals surface area contributed by atoms with Crippen LogP contribution in [0.4, 0.5) is 4.79 Å². The van der Waals surface area contributed by atoms with Crippen molar-refractivity contribution < 1.29 is 23.8 Å². The summed E-state index contributed by atoms with van der Waals surface area (Å²) in [5, 5.41) is 3.36. The van der Waals surface area contributed by atoms with E-state index in [4.69, 9.17) is 14.2 Å². The number of alkyl carbamates (subject to hydrolysis) is 1. The molecule has 0 bridgehead atoms. The summed E-state index contributed by atoms with van der Waals surface area (Å²) < 4.78 is 16.0. The molecule has 1 unspecified atom stereocenters. The van der Waals surface area contributed by atoms with Gasteiger partial charge < -0.3 is 19.5 Å². The number of halogens is 1. The van der Waals surface area contributed by atoms with Crippen molar-refractivity contribution >= 4 is 28.0 Å². The van der Waals surface area contributed by atoms with Gasteiger partial charge in [-0.2, -0.15) is 0 Å². The Morgan fingerprint density at radius 1 is 1.33 bits per heavy atom. The monoisotopic (exact) mass is 441 g/mol. The maximum Gasteiger partial charge on any atom is 0.407 e. The molecule has 1 aliphatic heterocycles. The molecule has 7 heteroatoms. The number of carbonyl (C=O) groups is 2. The van der Waals surface area contributed by atoms with E-state index < -0.39 is 11.7 Å². The second kappa shape index (κ2) is 8.50.